The van der Waals surface area contributed by atoms with Gasteiger partial charge in [-0.05, 0) is 63.1 Å². The maximum absolute atomic E-state index is 5.81. The lowest BCUT2D eigenvalue weighted by Crippen LogP contribution is -2.24. The van der Waals surface area contributed by atoms with Crippen molar-refractivity contribution in [3.05, 3.63) is 29.6 Å². The minimum Gasteiger partial charge on any atom is -0.376 e. The SMILES string of the molecule is CCc1cc(C#CCN(C)CC2CC2)cnc1-c1cn(CC2CCCCO2)nn1. The van der Waals surface area contributed by atoms with E-state index in [-0.39, 0.29) is 6.10 Å². The van der Waals surface area contributed by atoms with E-state index in [2.05, 4.69) is 52.1 Å². The first-order valence-corrected chi connectivity index (χ1v) is 10.9. The highest BCUT2D eigenvalue weighted by Crippen LogP contribution is 2.29. The summed E-state index contributed by atoms with van der Waals surface area (Å²) >= 11 is 0. The molecule has 0 amide bonds. The molecule has 0 N–H and O–H groups in total. The van der Waals surface area contributed by atoms with Gasteiger partial charge in [-0.15, -0.1) is 5.10 Å². The highest BCUT2D eigenvalue weighted by molar-refractivity contribution is 5.59. The summed E-state index contributed by atoms with van der Waals surface area (Å²) in [5, 5.41) is 8.66. The Morgan fingerprint density at radius 3 is 2.93 bits per heavy atom. The Balaban J connectivity index is 1.41. The van der Waals surface area contributed by atoms with Gasteiger partial charge in [-0.1, -0.05) is 24.0 Å². The fourth-order valence-electron chi connectivity index (χ4n) is 3.82. The van der Waals surface area contributed by atoms with Gasteiger partial charge in [-0.3, -0.25) is 9.88 Å². The van der Waals surface area contributed by atoms with E-state index in [0.717, 1.165) is 73.9 Å². The molecule has 154 valence electrons. The monoisotopic (exact) mass is 393 g/mol. The van der Waals surface area contributed by atoms with Crippen LogP contribution in [0.3, 0.4) is 0 Å². The molecule has 4 rings (SSSR count). The molecular formula is C23H31N5O. The second-order valence-corrected chi connectivity index (χ2v) is 8.34. The van der Waals surface area contributed by atoms with Gasteiger partial charge in [0.05, 0.1) is 31.1 Å². The fraction of sp³-hybridized carbons (Fsp3) is 0.609. The van der Waals surface area contributed by atoms with Gasteiger partial charge in [0.2, 0.25) is 0 Å². The number of aryl methyl sites for hydroxylation is 1. The van der Waals surface area contributed by atoms with Gasteiger partial charge in [0.1, 0.15) is 5.69 Å². The number of hydrogen-bond acceptors (Lipinski definition) is 5. The van der Waals surface area contributed by atoms with Crippen molar-refractivity contribution in [2.24, 2.45) is 5.92 Å². The smallest absolute Gasteiger partial charge is 0.131 e. The van der Waals surface area contributed by atoms with Crippen molar-refractivity contribution >= 4 is 0 Å². The van der Waals surface area contributed by atoms with E-state index in [1.807, 2.05) is 17.1 Å². The lowest BCUT2D eigenvalue weighted by atomic mass is 10.1. The molecule has 1 atom stereocenters. The van der Waals surface area contributed by atoms with Crippen LogP contribution in [0, 0.1) is 17.8 Å². The minimum absolute atomic E-state index is 0.243. The molecule has 2 aromatic rings. The molecule has 29 heavy (non-hydrogen) atoms. The van der Waals surface area contributed by atoms with E-state index in [1.54, 1.807) is 0 Å². The van der Waals surface area contributed by atoms with Gasteiger partial charge in [0.25, 0.3) is 0 Å². The largest absolute Gasteiger partial charge is 0.376 e. The van der Waals surface area contributed by atoms with Gasteiger partial charge >= 0.3 is 0 Å². The highest BCUT2D eigenvalue weighted by atomic mass is 16.5. The Bertz CT molecular complexity index is 871. The summed E-state index contributed by atoms with van der Waals surface area (Å²) < 4.78 is 7.70. The number of pyridine rings is 1. The molecule has 0 radical (unpaired) electrons. The topological polar surface area (TPSA) is 56.1 Å². The van der Waals surface area contributed by atoms with Crippen molar-refractivity contribution in [2.45, 2.75) is 58.1 Å². The van der Waals surface area contributed by atoms with Crippen LogP contribution in [0.4, 0.5) is 0 Å². The Morgan fingerprint density at radius 2 is 2.17 bits per heavy atom. The van der Waals surface area contributed by atoms with E-state index in [4.69, 9.17) is 4.74 Å². The first-order chi connectivity index (χ1) is 14.2. The third-order valence-corrected chi connectivity index (χ3v) is 5.64. The normalized spacial score (nSPS) is 19.2. The van der Waals surface area contributed by atoms with Crippen molar-refractivity contribution in [1.29, 1.82) is 0 Å². The Labute approximate surface area is 173 Å². The van der Waals surface area contributed by atoms with E-state index >= 15 is 0 Å². The summed E-state index contributed by atoms with van der Waals surface area (Å²) in [5.74, 6) is 7.45. The molecule has 2 aliphatic rings. The molecule has 6 nitrogen and oxygen atoms in total. The van der Waals surface area contributed by atoms with Gasteiger partial charge in [0, 0.05) is 24.9 Å². The molecule has 1 aliphatic carbocycles. The summed E-state index contributed by atoms with van der Waals surface area (Å²) in [7, 11) is 2.15. The third-order valence-electron chi connectivity index (χ3n) is 5.64. The predicted molar refractivity (Wildman–Crippen MR) is 113 cm³/mol. The molecule has 0 bridgehead atoms. The summed E-state index contributed by atoms with van der Waals surface area (Å²) in [6.07, 6.45) is 11.2. The van der Waals surface area contributed by atoms with Crippen molar-refractivity contribution in [3.8, 4) is 23.2 Å². The fourth-order valence-corrected chi connectivity index (χ4v) is 3.82. The molecule has 1 unspecified atom stereocenters. The maximum Gasteiger partial charge on any atom is 0.131 e. The van der Waals surface area contributed by atoms with Crippen molar-refractivity contribution < 1.29 is 4.74 Å². The third kappa shape index (κ3) is 5.65. The van der Waals surface area contributed by atoms with Crippen LogP contribution in [-0.2, 0) is 17.7 Å². The van der Waals surface area contributed by atoms with Crippen LogP contribution >= 0.6 is 0 Å². The summed E-state index contributed by atoms with van der Waals surface area (Å²) in [4.78, 5) is 6.98. The average Bonchev–Trinajstić information content (AvgIpc) is 3.43. The molecule has 1 saturated carbocycles. The van der Waals surface area contributed by atoms with Crippen LogP contribution in [0.1, 0.15) is 50.2 Å². The van der Waals surface area contributed by atoms with Crippen molar-refractivity contribution in [2.75, 3.05) is 26.7 Å². The first kappa shape index (κ1) is 20.1. The number of aromatic nitrogens is 4. The van der Waals surface area contributed by atoms with Gasteiger partial charge in [-0.2, -0.15) is 0 Å². The van der Waals surface area contributed by atoms with Gasteiger partial charge < -0.3 is 4.74 Å². The number of ether oxygens (including phenoxy) is 1. The zero-order valence-electron chi connectivity index (χ0n) is 17.6. The van der Waals surface area contributed by atoms with Crippen LogP contribution in [0.25, 0.3) is 11.4 Å². The molecule has 6 heteroatoms. The van der Waals surface area contributed by atoms with Gasteiger partial charge in [0.15, 0.2) is 0 Å². The highest BCUT2D eigenvalue weighted by Gasteiger charge is 2.22. The van der Waals surface area contributed by atoms with Crippen LogP contribution in [0.5, 0.6) is 0 Å². The Kier molecular flexibility index (Phi) is 6.58. The standard InChI is InChI=1S/C23H31N5O/c1-3-20-13-19(7-6-11-27(2)15-18-9-10-18)14-24-23(20)22-17-28(26-25-22)16-21-8-4-5-12-29-21/h13-14,17-18,21H,3-5,8-12,15-16H2,1-2H3. The van der Waals surface area contributed by atoms with E-state index < -0.39 is 0 Å². The zero-order chi connectivity index (χ0) is 20.1. The van der Waals surface area contributed by atoms with Crippen molar-refractivity contribution in [3.63, 3.8) is 0 Å². The Morgan fingerprint density at radius 1 is 1.28 bits per heavy atom. The number of rotatable bonds is 7. The average molecular weight is 394 g/mol. The summed E-state index contributed by atoms with van der Waals surface area (Å²) in [5.41, 5.74) is 3.85. The molecule has 2 aromatic heterocycles. The van der Waals surface area contributed by atoms with Crippen LogP contribution in [0.15, 0.2) is 18.5 Å². The molecule has 3 heterocycles. The second-order valence-electron chi connectivity index (χ2n) is 8.34. The zero-order valence-corrected chi connectivity index (χ0v) is 17.6. The molecule has 1 aliphatic heterocycles. The maximum atomic E-state index is 5.81. The predicted octanol–water partition coefficient (Wildman–Crippen LogP) is 3.16. The quantitative estimate of drug-likeness (QED) is 0.677. The van der Waals surface area contributed by atoms with E-state index in [1.165, 1.54) is 19.3 Å². The molecular weight excluding hydrogens is 362 g/mol. The molecule has 2 fully saturated rings. The number of hydrogen-bond donors (Lipinski definition) is 0. The van der Waals surface area contributed by atoms with Gasteiger partial charge in [-0.25, -0.2) is 4.68 Å². The second kappa shape index (κ2) is 9.51. The first-order valence-electron chi connectivity index (χ1n) is 10.9. The summed E-state index contributed by atoms with van der Waals surface area (Å²) in [6.45, 7) is 5.71. The van der Waals surface area contributed by atoms with Crippen LogP contribution in [-0.4, -0.2) is 57.7 Å². The van der Waals surface area contributed by atoms with Crippen molar-refractivity contribution in [1.82, 2.24) is 24.9 Å². The van der Waals surface area contributed by atoms with E-state index in [9.17, 15) is 0 Å². The van der Waals surface area contributed by atoms with E-state index in [0.29, 0.717) is 0 Å². The summed E-state index contributed by atoms with van der Waals surface area (Å²) in [6, 6.07) is 2.14. The lowest BCUT2D eigenvalue weighted by molar-refractivity contribution is 0.00370. The Hall–Kier alpha value is -2.23. The molecule has 1 saturated heterocycles. The molecule has 0 spiro atoms. The van der Waals surface area contributed by atoms with Crippen LogP contribution in [0.2, 0.25) is 0 Å². The minimum atomic E-state index is 0.243. The van der Waals surface area contributed by atoms with Crippen LogP contribution < -0.4 is 0 Å². The number of nitrogens with zero attached hydrogens (tertiary/aromatic N) is 5. The lowest BCUT2D eigenvalue weighted by Gasteiger charge is -2.21. The molecule has 0 aromatic carbocycles.